The van der Waals surface area contributed by atoms with Crippen LogP contribution >= 0.6 is 22.6 Å². The Kier molecular flexibility index (Phi) is 4.46. The fraction of sp³-hybridized carbons (Fsp3) is 0.333. The first-order chi connectivity index (χ1) is 9.11. The lowest BCUT2D eigenvalue weighted by molar-refractivity contribution is -0.138. The summed E-state index contributed by atoms with van der Waals surface area (Å²) in [6.45, 7) is 1.92. The Morgan fingerprint density at radius 3 is 2.68 bits per heavy atom. The van der Waals surface area contributed by atoms with Gasteiger partial charge >= 0.3 is 5.97 Å². The third kappa shape index (κ3) is 3.28. The van der Waals surface area contributed by atoms with Crippen molar-refractivity contribution in [2.45, 2.75) is 25.8 Å². The van der Waals surface area contributed by atoms with Crippen molar-refractivity contribution < 1.29 is 9.90 Å². The van der Waals surface area contributed by atoms with E-state index in [1.807, 2.05) is 31.2 Å². The van der Waals surface area contributed by atoms with E-state index in [1.165, 1.54) is 0 Å². The Labute approximate surface area is 124 Å². The Balaban J connectivity index is 2.35. The van der Waals surface area contributed by atoms with Crippen molar-refractivity contribution in [3.05, 3.63) is 27.8 Å². The molecule has 1 N–H and O–H groups in total. The van der Waals surface area contributed by atoms with Crippen molar-refractivity contribution in [2.75, 3.05) is 0 Å². The highest BCUT2D eigenvalue weighted by atomic mass is 127. The highest BCUT2D eigenvalue weighted by molar-refractivity contribution is 14.1. The zero-order chi connectivity index (χ0) is 13.8. The normalized spacial score (nSPS) is 12.3. The maximum Gasteiger partial charge on any atom is 0.305 e. The van der Waals surface area contributed by atoms with Crippen LogP contribution < -0.4 is 0 Å². The van der Waals surface area contributed by atoms with Gasteiger partial charge in [-0.05, 0) is 51.6 Å². The summed E-state index contributed by atoms with van der Waals surface area (Å²) < 4.78 is 2.72. The maximum atomic E-state index is 10.9. The zero-order valence-corrected chi connectivity index (χ0v) is 12.5. The topological polar surface area (TPSA) is 80.9 Å². The fourth-order valence-corrected chi connectivity index (χ4v) is 2.19. The summed E-state index contributed by atoms with van der Waals surface area (Å²) in [6.07, 6.45) is 0.674. The van der Waals surface area contributed by atoms with E-state index in [2.05, 4.69) is 38.1 Å². The SMILES string of the molecule is CCC(CC(=O)O)n1nnnc1-c1ccc(I)cc1. The van der Waals surface area contributed by atoms with Gasteiger partial charge in [-0.3, -0.25) is 4.79 Å². The third-order valence-corrected chi connectivity index (χ3v) is 3.54. The van der Waals surface area contributed by atoms with E-state index < -0.39 is 5.97 Å². The molecule has 0 spiro atoms. The number of tetrazole rings is 1. The molecule has 0 amide bonds. The van der Waals surface area contributed by atoms with Gasteiger partial charge in [-0.2, -0.15) is 0 Å². The van der Waals surface area contributed by atoms with Gasteiger partial charge in [-0.15, -0.1) is 5.10 Å². The van der Waals surface area contributed by atoms with E-state index in [4.69, 9.17) is 5.11 Å². The van der Waals surface area contributed by atoms with Gasteiger partial charge in [0, 0.05) is 9.13 Å². The molecule has 0 saturated heterocycles. The molecule has 1 aromatic heterocycles. The molecule has 1 atom stereocenters. The Bertz CT molecular complexity index is 567. The summed E-state index contributed by atoms with van der Waals surface area (Å²) in [5.41, 5.74) is 0.884. The second-order valence-corrected chi connectivity index (χ2v) is 5.36. The Hall–Kier alpha value is -1.51. The molecule has 0 radical (unpaired) electrons. The average Bonchev–Trinajstić information content (AvgIpc) is 2.85. The molecule has 100 valence electrons. The lowest BCUT2D eigenvalue weighted by Gasteiger charge is -2.14. The summed E-state index contributed by atoms with van der Waals surface area (Å²) in [4.78, 5) is 10.9. The number of aliphatic carboxylic acids is 1. The number of carboxylic acid groups (broad SMARTS) is 1. The number of rotatable bonds is 5. The second kappa shape index (κ2) is 6.09. The van der Waals surface area contributed by atoms with Gasteiger partial charge in [0.05, 0.1) is 12.5 Å². The van der Waals surface area contributed by atoms with Gasteiger partial charge in [0.15, 0.2) is 5.82 Å². The summed E-state index contributed by atoms with van der Waals surface area (Å²) >= 11 is 2.22. The Morgan fingerprint density at radius 2 is 2.11 bits per heavy atom. The van der Waals surface area contributed by atoms with Crippen LogP contribution in [0.5, 0.6) is 0 Å². The van der Waals surface area contributed by atoms with Gasteiger partial charge in [0.1, 0.15) is 0 Å². The van der Waals surface area contributed by atoms with Crippen LogP contribution in [0, 0.1) is 3.57 Å². The number of benzene rings is 1. The molecular weight excluding hydrogens is 359 g/mol. The minimum Gasteiger partial charge on any atom is -0.481 e. The molecule has 0 aliphatic carbocycles. The van der Waals surface area contributed by atoms with Crippen LogP contribution in [0.2, 0.25) is 0 Å². The molecule has 1 aromatic carbocycles. The largest absolute Gasteiger partial charge is 0.481 e. The van der Waals surface area contributed by atoms with Crippen LogP contribution in [-0.2, 0) is 4.79 Å². The standard InChI is InChI=1S/C12H13IN4O2/c1-2-10(7-11(18)19)17-12(14-15-16-17)8-3-5-9(13)6-4-8/h3-6,10H,2,7H2,1H3,(H,18,19). The molecule has 19 heavy (non-hydrogen) atoms. The number of aromatic nitrogens is 4. The number of carboxylic acids is 1. The number of carbonyl (C=O) groups is 1. The van der Waals surface area contributed by atoms with E-state index in [1.54, 1.807) is 4.68 Å². The second-order valence-electron chi connectivity index (χ2n) is 4.11. The third-order valence-electron chi connectivity index (χ3n) is 2.82. The number of nitrogens with zero attached hydrogens (tertiary/aromatic N) is 4. The van der Waals surface area contributed by atoms with Crippen LogP contribution in [0.15, 0.2) is 24.3 Å². The van der Waals surface area contributed by atoms with Crippen LogP contribution in [0.3, 0.4) is 0 Å². The lowest BCUT2D eigenvalue weighted by atomic mass is 10.1. The molecule has 1 unspecified atom stereocenters. The molecule has 6 nitrogen and oxygen atoms in total. The van der Waals surface area contributed by atoms with E-state index in [9.17, 15) is 4.79 Å². The molecular formula is C12H13IN4O2. The predicted octanol–water partition coefficient (Wildman–Crippen LogP) is 2.37. The van der Waals surface area contributed by atoms with Crippen LogP contribution in [0.25, 0.3) is 11.4 Å². The van der Waals surface area contributed by atoms with Crippen LogP contribution in [0.1, 0.15) is 25.8 Å². The van der Waals surface area contributed by atoms with Crippen LogP contribution in [0.4, 0.5) is 0 Å². The minimum absolute atomic E-state index is 0.0128. The molecule has 0 saturated carbocycles. The van der Waals surface area contributed by atoms with Crippen molar-refractivity contribution in [2.24, 2.45) is 0 Å². The molecule has 0 aliphatic heterocycles. The number of hydrogen-bond acceptors (Lipinski definition) is 4. The highest BCUT2D eigenvalue weighted by Gasteiger charge is 2.19. The smallest absolute Gasteiger partial charge is 0.305 e. The molecule has 2 rings (SSSR count). The molecule has 2 aromatic rings. The first-order valence-electron chi connectivity index (χ1n) is 5.87. The predicted molar refractivity (Wildman–Crippen MR) is 77.6 cm³/mol. The molecule has 0 bridgehead atoms. The minimum atomic E-state index is -0.851. The van der Waals surface area contributed by atoms with Gasteiger partial charge in [0.2, 0.25) is 0 Å². The van der Waals surface area contributed by atoms with Gasteiger partial charge in [-0.1, -0.05) is 19.1 Å². The maximum absolute atomic E-state index is 10.9. The van der Waals surface area contributed by atoms with E-state index in [-0.39, 0.29) is 12.5 Å². The van der Waals surface area contributed by atoms with Crippen molar-refractivity contribution in [3.8, 4) is 11.4 Å². The molecule has 0 fully saturated rings. The first-order valence-corrected chi connectivity index (χ1v) is 6.95. The Morgan fingerprint density at radius 1 is 1.42 bits per heavy atom. The summed E-state index contributed by atoms with van der Waals surface area (Å²) in [5.74, 6) is -0.250. The summed E-state index contributed by atoms with van der Waals surface area (Å²) in [6, 6.07) is 7.55. The summed E-state index contributed by atoms with van der Waals surface area (Å²) in [5, 5.41) is 20.5. The van der Waals surface area contributed by atoms with Crippen molar-refractivity contribution in [1.29, 1.82) is 0 Å². The van der Waals surface area contributed by atoms with E-state index in [0.29, 0.717) is 12.2 Å². The van der Waals surface area contributed by atoms with Gasteiger partial charge < -0.3 is 5.11 Å². The molecule has 7 heteroatoms. The molecule has 1 heterocycles. The van der Waals surface area contributed by atoms with Crippen LogP contribution in [-0.4, -0.2) is 31.3 Å². The first kappa shape index (κ1) is 13.9. The lowest BCUT2D eigenvalue weighted by Crippen LogP contribution is -2.15. The zero-order valence-electron chi connectivity index (χ0n) is 10.3. The fourth-order valence-electron chi connectivity index (χ4n) is 1.83. The highest BCUT2D eigenvalue weighted by Crippen LogP contribution is 2.23. The van der Waals surface area contributed by atoms with Crippen molar-refractivity contribution in [3.63, 3.8) is 0 Å². The van der Waals surface area contributed by atoms with E-state index in [0.717, 1.165) is 9.13 Å². The van der Waals surface area contributed by atoms with Crippen molar-refractivity contribution in [1.82, 2.24) is 20.2 Å². The van der Waals surface area contributed by atoms with Gasteiger partial charge in [0.25, 0.3) is 0 Å². The van der Waals surface area contributed by atoms with Crippen molar-refractivity contribution >= 4 is 28.6 Å². The van der Waals surface area contributed by atoms with E-state index >= 15 is 0 Å². The molecule has 0 aliphatic rings. The number of hydrogen-bond donors (Lipinski definition) is 1. The quantitative estimate of drug-likeness (QED) is 0.816. The average molecular weight is 372 g/mol. The number of halogens is 1. The van der Waals surface area contributed by atoms with Gasteiger partial charge in [-0.25, -0.2) is 4.68 Å². The summed E-state index contributed by atoms with van der Waals surface area (Å²) in [7, 11) is 0. The monoisotopic (exact) mass is 372 g/mol.